The van der Waals surface area contributed by atoms with E-state index in [-0.39, 0.29) is 18.2 Å². The first-order valence-corrected chi connectivity index (χ1v) is 7.22. The molecule has 4 N–H and O–H groups in total. The minimum Gasteiger partial charge on any atom is -0.481 e. The van der Waals surface area contributed by atoms with Crippen molar-refractivity contribution in [3.8, 4) is 0 Å². The third kappa shape index (κ3) is 6.04. The Balaban J connectivity index is 2.63. The first-order valence-electron chi connectivity index (χ1n) is 6.84. The number of hydrogen-bond acceptors (Lipinski definition) is 3. The number of carboxylic acids is 1. The van der Waals surface area contributed by atoms with Gasteiger partial charge in [0, 0.05) is 18.5 Å². The van der Waals surface area contributed by atoms with Gasteiger partial charge in [-0.1, -0.05) is 25.4 Å². The van der Waals surface area contributed by atoms with Crippen LogP contribution in [0.25, 0.3) is 0 Å². The maximum atomic E-state index is 12.0. The Morgan fingerprint density at radius 3 is 2.57 bits per heavy atom. The third-order valence-corrected chi connectivity index (χ3v) is 3.41. The van der Waals surface area contributed by atoms with Crippen LogP contribution in [0.15, 0.2) is 18.2 Å². The molecule has 0 aliphatic rings. The van der Waals surface area contributed by atoms with Crippen LogP contribution in [0.3, 0.4) is 0 Å². The van der Waals surface area contributed by atoms with Gasteiger partial charge in [0.15, 0.2) is 0 Å². The number of nitrogens with two attached hydrogens (primary N) is 1. The van der Waals surface area contributed by atoms with E-state index in [1.54, 1.807) is 12.1 Å². The van der Waals surface area contributed by atoms with Crippen LogP contribution < -0.4 is 11.1 Å². The maximum Gasteiger partial charge on any atom is 0.303 e. The lowest BCUT2D eigenvalue weighted by atomic mass is 9.94. The van der Waals surface area contributed by atoms with Gasteiger partial charge >= 0.3 is 5.97 Å². The third-order valence-electron chi connectivity index (χ3n) is 3.08. The Morgan fingerprint density at radius 1 is 1.38 bits per heavy atom. The largest absolute Gasteiger partial charge is 0.481 e. The summed E-state index contributed by atoms with van der Waals surface area (Å²) in [6.45, 7) is 4.37. The molecule has 0 aliphatic heterocycles. The average molecular weight is 313 g/mol. The van der Waals surface area contributed by atoms with Gasteiger partial charge in [0.05, 0.1) is 10.7 Å². The van der Waals surface area contributed by atoms with Crippen LogP contribution >= 0.6 is 11.6 Å². The summed E-state index contributed by atoms with van der Waals surface area (Å²) in [6, 6.07) is 4.66. The molecule has 0 heterocycles. The van der Waals surface area contributed by atoms with E-state index in [1.165, 1.54) is 6.07 Å². The van der Waals surface area contributed by atoms with Crippen LogP contribution in [0.2, 0.25) is 5.02 Å². The molecule has 1 aromatic carbocycles. The van der Waals surface area contributed by atoms with E-state index in [1.807, 2.05) is 13.8 Å². The summed E-state index contributed by atoms with van der Waals surface area (Å²) in [5.74, 6) is -0.852. The zero-order valence-corrected chi connectivity index (χ0v) is 13.0. The number of hydrogen-bond donors (Lipinski definition) is 3. The van der Waals surface area contributed by atoms with Gasteiger partial charge in [-0.15, -0.1) is 0 Å². The number of aliphatic carboxylic acids is 1. The molecule has 0 saturated carbocycles. The Labute approximate surface area is 129 Å². The van der Waals surface area contributed by atoms with E-state index in [4.69, 9.17) is 22.4 Å². The second-order valence-electron chi connectivity index (χ2n) is 5.54. The molecule has 1 atom stereocenters. The molecule has 1 amide bonds. The number of carbonyl (C=O) groups is 2. The molecular formula is C15H21ClN2O3. The maximum absolute atomic E-state index is 12.0. The van der Waals surface area contributed by atoms with Gasteiger partial charge in [-0.05, 0) is 36.5 Å². The van der Waals surface area contributed by atoms with Crippen LogP contribution in [0, 0.1) is 11.8 Å². The zero-order valence-electron chi connectivity index (χ0n) is 12.2. The zero-order chi connectivity index (χ0) is 16.0. The number of amides is 1. The van der Waals surface area contributed by atoms with Gasteiger partial charge in [-0.3, -0.25) is 9.59 Å². The number of rotatable bonds is 7. The smallest absolute Gasteiger partial charge is 0.303 e. The second-order valence-corrected chi connectivity index (χ2v) is 5.95. The van der Waals surface area contributed by atoms with Gasteiger partial charge in [-0.2, -0.15) is 0 Å². The Hall–Kier alpha value is -1.75. The fourth-order valence-electron chi connectivity index (χ4n) is 2.16. The van der Waals surface area contributed by atoms with E-state index in [0.29, 0.717) is 28.7 Å². The van der Waals surface area contributed by atoms with E-state index < -0.39 is 5.97 Å². The lowest BCUT2D eigenvalue weighted by molar-refractivity contribution is -0.138. The molecule has 0 radical (unpaired) electrons. The van der Waals surface area contributed by atoms with Crippen molar-refractivity contribution < 1.29 is 14.7 Å². The Bertz CT molecular complexity index is 518. The van der Waals surface area contributed by atoms with Gasteiger partial charge in [0.2, 0.25) is 0 Å². The first kappa shape index (κ1) is 17.3. The van der Waals surface area contributed by atoms with Gasteiger partial charge < -0.3 is 16.2 Å². The number of carbonyl (C=O) groups excluding carboxylic acids is 1. The molecule has 0 aliphatic carbocycles. The van der Waals surface area contributed by atoms with E-state index in [9.17, 15) is 9.59 Å². The highest BCUT2D eigenvalue weighted by molar-refractivity contribution is 6.33. The predicted molar refractivity (Wildman–Crippen MR) is 83.4 cm³/mol. The van der Waals surface area contributed by atoms with Crippen molar-refractivity contribution in [3.63, 3.8) is 0 Å². The normalized spacial score (nSPS) is 12.2. The lowest BCUT2D eigenvalue weighted by Gasteiger charge is -2.17. The summed E-state index contributed by atoms with van der Waals surface area (Å²) in [6.07, 6.45) is 0.788. The minimum atomic E-state index is -0.856. The van der Waals surface area contributed by atoms with Crippen LogP contribution in [0.1, 0.15) is 37.0 Å². The molecule has 0 unspecified atom stereocenters. The summed E-state index contributed by atoms with van der Waals surface area (Å²) in [5, 5.41) is 12.0. The fraction of sp³-hybridized carbons (Fsp3) is 0.467. The number of nitrogens with one attached hydrogen (secondary N) is 1. The summed E-state index contributed by atoms with van der Waals surface area (Å²) in [4.78, 5) is 22.9. The molecule has 1 rings (SSSR count). The van der Waals surface area contributed by atoms with Gasteiger partial charge in [-0.25, -0.2) is 0 Å². The number of benzene rings is 1. The predicted octanol–water partition coefficient (Wildman–Crippen LogP) is 2.79. The van der Waals surface area contributed by atoms with Crippen LogP contribution in [0.4, 0.5) is 5.69 Å². The lowest BCUT2D eigenvalue weighted by Crippen LogP contribution is -2.31. The molecule has 5 nitrogen and oxygen atoms in total. The standard InChI is InChI=1S/C15H21ClN2O3/c1-9(2)5-10(6-14(19)20)8-18-15(21)11-3-4-13(17)12(16)7-11/h3-4,7,9-10H,5-6,8,17H2,1-2H3,(H,18,21)(H,19,20)/t10-/m0/s1. The SMILES string of the molecule is CC(C)C[C@H](CNC(=O)c1ccc(N)c(Cl)c1)CC(=O)O. The minimum absolute atomic E-state index is 0.0426. The Morgan fingerprint density at radius 2 is 2.05 bits per heavy atom. The monoisotopic (exact) mass is 312 g/mol. The molecule has 0 saturated heterocycles. The van der Waals surface area contributed by atoms with E-state index in [0.717, 1.165) is 6.42 Å². The molecule has 0 fully saturated rings. The highest BCUT2D eigenvalue weighted by Gasteiger charge is 2.16. The number of carboxylic acid groups (broad SMARTS) is 1. The molecule has 21 heavy (non-hydrogen) atoms. The van der Waals surface area contributed by atoms with Crippen molar-refractivity contribution in [1.29, 1.82) is 0 Å². The van der Waals surface area contributed by atoms with E-state index >= 15 is 0 Å². The summed E-state index contributed by atoms with van der Waals surface area (Å²) < 4.78 is 0. The first-order chi connectivity index (χ1) is 9.79. The molecule has 0 bridgehead atoms. The van der Waals surface area contributed by atoms with Crippen molar-refractivity contribution in [2.45, 2.75) is 26.7 Å². The summed E-state index contributed by atoms with van der Waals surface area (Å²) >= 11 is 5.88. The number of halogens is 1. The fourth-order valence-corrected chi connectivity index (χ4v) is 2.34. The number of nitrogen functional groups attached to an aromatic ring is 1. The quantitative estimate of drug-likeness (QED) is 0.675. The highest BCUT2D eigenvalue weighted by atomic mass is 35.5. The molecular weight excluding hydrogens is 292 g/mol. The van der Waals surface area contributed by atoms with E-state index in [2.05, 4.69) is 5.32 Å². The number of anilines is 1. The topological polar surface area (TPSA) is 92.4 Å². The molecule has 116 valence electrons. The van der Waals surface area contributed by atoms with Crippen LogP contribution in [-0.2, 0) is 4.79 Å². The van der Waals surface area contributed by atoms with Crippen LogP contribution in [0.5, 0.6) is 0 Å². The van der Waals surface area contributed by atoms with Gasteiger partial charge in [0.25, 0.3) is 5.91 Å². The molecule has 0 aromatic heterocycles. The summed E-state index contributed by atoms with van der Waals surface area (Å²) in [7, 11) is 0. The van der Waals surface area contributed by atoms with Crippen LogP contribution in [-0.4, -0.2) is 23.5 Å². The molecule has 0 spiro atoms. The van der Waals surface area contributed by atoms with Crippen molar-refractivity contribution in [2.24, 2.45) is 11.8 Å². The van der Waals surface area contributed by atoms with Crippen molar-refractivity contribution in [3.05, 3.63) is 28.8 Å². The van der Waals surface area contributed by atoms with Crippen molar-refractivity contribution in [1.82, 2.24) is 5.32 Å². The second kappa shape index (κ2) is 7.88. The van der Waals surface area contributed by atoms with Gasteiger partial charge in [0.1, 0.15) is 0 Å². The van der Waals surface area contributed by atoms with Crippen molar-refractivity contribution >= 4 is 29.2 Å². The highest BCUT2D eigenvalue weighted by Crippen LogP contribution is 2.20. The Kier molecular flexibility index (Phi) is 6.49. The molecule has 6 heteroatoms. The summed E-state index contributed by atoms with van der Waals surface area (Å²) in [5.41, 5.74) is 6.42. The average Bonchev–Trinajstić information content (AvgIpc) is 2.37. The van der Waals surface area contributed by atoms with Crippen molar-refractivity contribution in [2.75, 3.05) is 12.3 Å². The molecule has 1 aromatic rings.